The summed E-state index contributed by atoms with van der Waals surface area (Å²) in [7, 11) is 0. The molecule has 2 nitrogen and oxygen atoms in total. The van der Waals surface area contributed by atoms with E-state index in [0.29, 0.717) is 6.42 Å². The number of anilines is 1. The topological polar surface area (TPSA) is 29.1 Å². The fourth-order valence-electron chi connectivity index (χ4n) is 2.46. The van der Waals surface area contributed by atoms with Gasteiger partial charge in [0.1, 0.15) is 0 Å². The first kappa shape index (κ1) is 15.7. The van der Waals surface area contributed by atoms with Gasteiger partial charge in [0.2, 0.25) is 5.91 Å². The van der Waals surface area contributed by atoms with Crippen LogP contribution in [0.2, 0.25) is 0 Å². The van der Waals surface area contributed by atoms with E-state index in [2.05, 4.69) is 71.3 Å². The van der Waals surface area contributed by atoms with Crippen LogP contribution in [-0.4, -0.2) is 5.91 Å². The molecule has 0 fully saturated rings. The summed E-state index contributed by atoms with van der Waals surface area (Å²) in [4.78, 5) is 11.7. The van der Waals surface area contributed by atoms with Gasteiger partial charge in [0.15, 0.2) is 0 Å². The van der Waals surface area contributed by atoms with E-state index in [1.165, 1.54) is 16.7 Å². The van der Waals surface area contributed by atoms with Gasteiger partial charge >= 0.3 is 0 Å². The van der Waals surface area contributed by atoms with E-state index >= 15 is 0 Å². The number of alkyl halides is 1. The number of thiophene rings is 1. The Kier molecular flexibility index (Phi) is 4.88. The van der Waals surface area contributed by atoms with Crippen molar-refractivity contribution in [3.63, 3.8) is 0 Å². The first-order valence-corrected chi connectivity index (χ1v) is 9.88. The number of benzene rings is 1. The molecule has 1 aromatic carbocycles. The number of halogens is 3. The van der Waals surface area contributed by atoms with Gasteiger partial charge in [0.05, 0.1) is 12.4 Å². The molecule has 1 amide bonds. The first-order chi connectivity index (χ1) is 10.0. The minimum Gasteiger partial charge on any atom is -0.326 e. The average Bonchev–Trinajstić information content (AvgIpc) is 2.67. The summed E-state index contributed by atoms with van der Waals surface area (Å²) in [5.74, 6) is 0.112. The van der Waals surface area contributed by atoms with Crippen molar-refractivity contribution in [3.8, 4) is 0 Å². The Morgan fingerprint density at radius 2 is 2.00 bits per heavy atom. The lowest BCUT2D eigenvalue weighted by Crippen LogP contribution is -2.09. The number of hydrogen-bond acceptors (Lipinski definition) is 2. The molecule has 1 N–H and O–H groups in total. The molecule has 110 valence electrons. The maximum Gasteiger partial charge on any atom is 0.224 e. The Labute approximate surface area is 152 Å². The van der Waals surface area contributed by atoms with Crippen molar-refractivity contribution < 1.29 is 4.79 Å². The number of carbonyl (C=O) groups excluding carboxylic acids is 1. The lowest BCUT2D eigenvalue weighted by molar-refractivity contribution is -0.116. The highest BCUT2D eigenvalue weighted by Crippen LogP contribution is 2.42. The molecule has 1 atom stereocenters. The van der Waals surface area contributed by atoms with Crippen molar-refractivity contribution in [1.82, 2.24) is 0 Å². The number of rotatable bonds is 2. The van der Waals surface area contributed by atoms with E-state index in [1.54, 1.807) is 11.3 Å². The smallest absolute Gasteiger partial charge is 0.224 e. The van der Waals surface area contributed by atoms with Crippen LogP contribution in [0, 0.1) is 0 Å². The number of amides is 1. The molecule has 1 unspecified atom stereocenters. The van der Waals surface area contributed by atoms with Gasteiger partial charge in [-0.1, -0.05) is 28.1 Å². The number of carbonyl (C=O) groups is 1. The monoisotopic (exact) mass is 491 g/mol. The van der Waals surface area contributed by atoms with E-state index < -0.39 is 0 Å². The maximum atomic E-state index is 11.6. The molecule has 1 aliphatic heterocycles. The van der Waals surface area contributed by atoms with Crippen LogP contribution in [0.3, 0.4) is 0 Å². The molecule has 0 radical (unpaired) electrons. The quantitative estimate of drug-likeness (QED) is 0.508. The summed E-state index contributed by atoms with van der Waals surface area (Å²) in [5.41, 5.74) is 4.58. The number of aryl methyl sites for hydroxylation is 1. The summed E-state index contributed by atoms with van der Waals surface area (Å²) < 4.78 is 2.23. The van der Waals surface area contributed by atoms with Gasteiger partial charge in [-0.15, -0.1) is 11.3 Å². The zero-order valence-electron chi connectivity index (χ0n) is 11.0. The molecule has 1 aliphatic rings. The number of hydrogen-bond donors (Lipinski definition) is 1. The second-order valence-electron chi connectivity index (χ2n) is 4.96. The minimum atomic E-state index is 0.112. The second kappa shape index (κ2) is 6.52. The van der Waals surface area contributed by atoms with Crippen molar-refractivity contribution in [2.75, 3.05) is 5.32 Å². The Hall–Kier alpha value is -0.170. The molecular weight excluding hydrogens is 482 g/mol. The number of nitrogens with one attached hydrogen (secondary N) is 1. The Morgan fingerprint density at radius 1 is 1.19 bits per heavy atom. The second-order valence-corrected chi connectivity index (χ2v) is 9.63. The molecule has 0 spiro atoms. The lowest BCUT2D eigenvalue weighted by Gasteiger charge is -2.13. The minimum absolute atomic E-state index is 0.112. The van der Waals surface area contributed by atoms with Gasteiger partial charge in [-0.3, -0.25) is 4.79 Å². The van der Waals surface area contributed by atoms with Crippen molar-refractivity contribution in [2.24, 2.45) is 0 Å². The zero-order chi connectivity index (χ0) is 15.0. The van der Waals surface area contributed by atoms with Gasteiger partial charge in [0, 0.05) is 12.1 Å². The third kappa shape index (κ3) is 3.44. The van der Waals surface area contributed by atoms with E-state index in [0.717, 1.165) is 26.1 Å². The van der Waals surface area contributed by atoms with Crippen LogP contribution in [0.25, 0.3) is 0 Å². The van der Waals surface area contributed by atoms with Crippen molar-refractivity contribution in [2.45, 2.75) is 24.1 Å². The van der Waals surface area contributed by atoms with Crippen LogP contribution in [-0.2, 0) is 11.2 Å². The van der Waals surface area contributed by atoms with Crippen molar-refractivity contribution >= 4 is 70.7 Å². The third-order valence-corrected chi connectivity index (χ3v) is 6.91. The van der Waals surface area contributed by atoms with E-state index in [-0.39, 0.29) is 10.7 Å². The predicted molar refractivity (Wildman–Crippen MR) is 98.5 cm³/mol. The lowest BCUT2D eigenvalue weighted by atomic mass is 10.0. The summed E-state index contributed by atoms with van der Waals surface area (Å²) >= 11 is 12.6. The summed E-state index contributed by atoms with van der Waals surface area (Å²) in [6.45, 7) is 0. The third-order valence-electron chi connectivity index (χ3n) is 3.50. The highest BCUT2D eigenvalue weighted by atomic mass is 79.9. The fourth-order valence-corrected chi connectivity index (χ4v) is 6.46. The van der Waals surface area contributed by atoms with Crippen molar-refractivity contribution in [3.05, 3.63) is 48.5 Å². The molecular formula is C15H12Br3NOS. The first-order valence-electron chi connectivity index (χ1n) is 6.56. The molecule has 0 saturated carbocycles. The molecule has 0 bridgehead atoms. The Balaban J connectivity index is 1.95. The maximum absolute atomic E-state index is 11.6. The molecule has 2 aromatic rings. The van der Waals surface area contributed by atoms with E-state index in [4.69, 9.17) is 0 Å². The molecule has 2 heterocycles. The predicted octanol–water partition coefficient (Wildman–Crippen LogP) is 6.03. The molecule has 21 heavy (non-hydrogen) atoms. The normalized spacial score (nSPS) is 16.0. The van der Waals surface area contributed by atoms with Crippen LogP contribution in [0.1, 0.15) is 34.4 Å². The van der Waals surface area contributed by atoms with Gasteiger partial charge in [-0.25, -0.2) is 0 Å². The van der Waals surface area contributed by atoms with Gasteiger partial charge < -0.3 is 5.32 Å². The van der Waals surface area contributed by atoms with Crippen LogP contribution in [0.5, 0.6) is 0 Å². The van der Waals surface area contributed by atoms with Crippen LogP contribution < -0.4 is 5.32 Å². The van der Waals surface area contributed by atoms with Crippen LogP contribution >= 0.6 is 59.1 Å². The van der Waals surface area contributed by atoms with Crippen LogP contribution in [0.4, 0.5) is 5.69 Å². The van der Waals surface area contributed by atoms with Crippen LogP contribution in [0.15, 0.2) is 31.8 Å². The average molecular weight is 494 g/mol. The summed E-state index contributed by atoms with van der Waals surface area (Å²) in [6.07, 6.45) is 2.45. The highest BCUT2D eigenvalue weighted by molar-refractivity contribution is 9.12. The van der Waals surface area contributed by atoms with E-state index in [9.17, 15) is 4.79 Å². The van der Waals surface area contributed by atoms with Crippen molar-refractivity contribution in [1.29, 1.82) is 0 Å². The SMILES string of the molecule is O=C1CCCc2cc(C(Br)c3cc(Br)sc3Br)ccc2N1. The fraction of sp³-hybridized carbons (Fsp3) is 0.267. The zero-order valence-corrected chi connectivity index (χ0v) is 16.5. The van der Waals surface area contributed by atoms with Gasteiger partial charge in [0.25, 0.3) is 0 Å². The summed E-state index contributed by atoms with van der Waals surface area (Å²) in [5, 5.41) is 2.97. The molecule has 0 aliphatic carbocycles. The summed E-state index contributed by atoms with van der Waals surface area (Å²) in [6, 6.07) is 8.40. The molecule has 3 rings (SSSR count). The molecule has 0 saturated heterocycles. The Bertz CT molecular complexity index is 698. The molecule has 1 aromatic heterocycles. The van der Waals surface area contributed by atoms with Gasteiger partial charge in [-0.2, -0.15) is 0 Å². The largest absolute Gasteiger partial charge is 0.326 e. The van der Waals surface area contributed by atoms with E-state index in [1.807, 2.05) is 6.07 Å². The molecule has 6 heteroatoms. The van der Waals surface area contributed by atoms with Gasteiger partial charge in [-0.05, 0) is 73.5 Å². The highest BCUT2D eigenvalue weighted by Gasteiger charge is 2.19. The Morgan fingerprint density at radius 3 is 2.71 bits per heavy atom. The number of fused-ring (bicyclic) bond motifs is 1. The standard InChI is InChI=1S/C15H12Br3NOS/c16-12-7-10(15(18)21-12)14(17)9-4-5-11-8(6-9)2-1-3-13(20)19-11/h4-7,14H,1-3H2,(H,19,20).